The van der Waals surface area contributed by atoms with E-state index in [-0.39, 0.29) is 11.9 Å². The maximum absolute atomic E-state index is 12.5. The zero-order valence-corrected chi connectivity index (χ0v) is 17.4. The fraction of sp³-hybridized carbons (Fsp3) is 0.300. The number of thiophene rings is 1. The average molecular weight is 410 g/mol. The first-order valence-electron chi connectivity index (χ1n) is 9.56. The zero-order valence-electron chi connectivity index (χ0n) is 16.6. The third-order valence-corrected chi connectivity index (χ3v) is 5.73. The molecule has 0 spiro atoms. The topological polar surface area (TPSA) is 89.1 Å². The summed E-state index contributed by atoms with van der Waals surface area (Å²) in [7, 11) is 1.87. The second-order valence-electron chi connectivity index (χ2n) is 6.88. The van der Waals surface area contributed by atoms with Gasteiger partial charge >= 0.3 is 0 Å². The van der Waals surface area contributed by atoms with Gasteiger partial charge in [-0.25, -0.2) is 9.50 Å². The Morgan fingerprint density at radius 1 is 1.14 bits per heavy atom. The molecule has 0 radical (unpaired) electrons. The van der Waals surface area contributed by atoms with Gasteiger partial charge in [0, 0.05) is 24.8 Å². The van der Waals surface area contributed by atoms with Gasteiger partial charge in [-0.2, -0.15) is 10.2 Å². The number of aryl methyl sites for hydroxylation is 1. The molecule has 4 rings (SSSR count). The van der Waals surface area contributed by atoms with Gasteiger partial charge in [-0.15, -0.1) is 11.3 Å². The molecule has 0 saturated heterocycles. The van der Waals surface area contributed by atoms with Crippen LogP contribution in [0.2, 0.25) is 0 Å². The Kier molecular flexibility index (Phi) is 5.30. The number of hydrogen-bond donors (Lipinski definition) is 2. The molecule has 0 saturated carbocycles. The van der Waals surface area contributed by atoms with Crippen molar-refractivity contribution in [2.24, 2.45) is 7.05 Å². The Morgan fingerprint density at radius 3 is 2.66 bits per heavy atom. The van der Waals surface area contributed by atoms with Crippen molar-refractivity contribution in [3.05, 3.63) is 47.3 Å². The fourth-order valence-corrected chi connectivity index (χ4v) is 3.95. The number of hydrogen-bond acceptors (Lipinski definition) is 6. The molecule has 4 aromatic heterocycles. The van der Waals surface area contributed by atoms with Gasteiger partial charge in [-0.3, -0.25) is 9.48 Å². The van der Waals surface area contributed by atoms with Gasteiger partial charge in [0.2, 0.25) is 0 Å². The van der Waals surface area contributed by atoms with Crippen molar-refractivity contribution in [1.82, 2.24) is 29.7 Å². The average Bonchev–Trinajstić information content (AvgIpc) is 3.45. The highest BCUT2D eigenvalue weighted by Gasteiger charge is 2.16. The molecule has 4 aromatic rings. The summed E-state index contributed by atoms with van der Waals surface area (Å²) in [5.41, 5.74) is 4.28. The van der Waals surface area contributed by atoms with Gasteiger partial charge < -0.3 is 10.6 Å². The van der Waals surface area contributed by atoms with Crippen LogP contribution < -0.4 is 10.6 Å². The van der Waals surface area contributed by atoms with Crippen LogP contribution in [0.3, 0.4) is 0 Å². The maximum atomic E-state index is 12.5. The Morgan fingerprint density at radius 2 is 1.93 bits per heavy atom. The van der Waals surface area contributed by atoms with Crippen molar-refractivity contribution in [3.63, 3.8) is 0 Å². The van der Waals surface area contributed by atoms with Crippen molar-refractivity contribution in [3.8, 4) is 11.1 Å². The molecule has 2 N–H and O–H groups in total. The Hall–Kier alpha value is -3.20. The first-order valence-corrected chi connectivity index (χ1v) is 10.4. The van der Waals surface area contributed by atoms with Crippen molar-refractivity contribution in [2.75, 3.05) is 5.32 Å². The van der Waals surface area contributed by atoms with Crippen LogP contribution in [0.5, 0.6) is 0 Å². The number of aromatic nitrogens is 5. The summed E-state index contributed by atoms with van der Waals surface area (Å²) in [6, 6.07) is 2.11. The lowest BCUT2D eigenvalue weighted by Crippen LogP contribution is -2.33. The molecule has 0 unspecified atom stereocenters. The lowest BCUT2D eigenvalue weighted by atomic mass is 10.1. The minimum atomic E-state index is -0.0256. The van der Waals surface area contributed by atoms with E-state index in [1.165, 1.54) is 11.3 Å². The molecule has 9 heteroatoms. The second kappa shape index (κ2) is 8.04. The summed E-state index contributed by atoms with van der Waals surface area (Å²) in [6.07, 6.45) is 10.9. The van der Waals surface area contributed by atoms with Gasteiger partial charge in [-0.1, -0.05) is 13.8 Å². The molecular weight excluding hydrogens is 386 g/mol. The summed E-state index contributed by atoms with van der Waals surface area (Å²) >= 11 is 1.44. The highest BCUT2D eigenvalue weighted by atomic mass is 32.1. The number of anilines is 2. The van der Waals surface area contributed by atoms with Crippen LogP contribution >= 0.6 is 11.3 Å². The second-order valence-corrected chi connectivity index (χ2v) is 7.79. The summed E-state index contributed by atoms with van der Waals surface area (Å²) in [6.45, 7) is 4.16. The molecule has 0 atom stereocenters. The molecule has 150 valence electrons. The lowest BCUT2D eigenvalue weighted by Gasteiger charge is -2.13. The molecule has 0 aliphatic heterocycles. The Balaban J connectivity index is 1.55. The van der Waals surface area contributed by atoms with Gasteiger partial charge in [0.25, 0.3) is 5.91 Å². The van der Waals surface area contributed by atoms with Crippen LogP contribution in [0.1, 0.15) is 36.4 Å². The molecule has 0 aliphatic rings. The minimum absolute atomic E-state index is 0.0256. The van der Waals surface area contributed by atoms with Crippen LogP contribution in [-0.4, -0.2) is 36.3 Å². The SMILES string of the molecule is CCC(CC)NC(=O)c1cc(-c2cnn3cc(Nc4cnn(C)c4)cnc23)cs1. The number of rotatable bonds is 7. The number of fused-ring (bicyclic) bond motifs is 1. The molecule has 0 bridgehead atoms. The summed E-state index contributed by atoms with van der Waals surface area (Å²) in [5, 5.41) is 16.9. The summed E-state index contributed by atoms with van der Waals surface area (Å²) in [4.78, 5) is 17.7. The van der Waals surface area contributed by atoms with E-state index in [0.717, 1.165) is 41.0 Å². The van der Waals surface area contributed by atoms with E-state index in [0.29, 0.717) is 4.88 Å². The Bertz CT molecular complexity index is 1140. The van der Waals surface area contributed by atoms with Crippen molar-refractivity contribution < 1.29 is 4.79 Å². The number of nitrogens with one attached hydrogen (secondary N) is 2. The number of amides is 1. The third-order valence-electron chi connectivity index (χ3n) is 4.81. The minimum Gasteiger partial charge on any atom is -0.350 e. The van der Waals surface area contributed by atoms with E-state index < -0.39 is 0 Å². The van der Waals surface area contributed by atoms with Gasteiger partial charge in [0.15, 0.2) is 5.65 Å². The number of carbonyl (C=O) groups excluding carboxylic acids is 1. The van der Waals surface area contributed by atoms with Crippen LogP contribution in [0.15, 0.2) is 42.4 Å². The molecule has 1 amide bonds. The monoisotopic (exact) mass is 409 g/mol. The van der Waals surface area contributed by atoms with Gasteiger partial charge in [0.1, 0.15) is 0 Å². The smallest absolute Gasteiger partial charge is 0.261 e. The fourth-order valence-electron chi connectivity index (χ4n) is 3.14. The van der Waals surface area contributed by atoms with E-state index in [2.05, 4.69) is 39.7 Å². The standard InChI is InChI=1S/C20H23N7OS/c1-4-14(5-2)25-20(28)18-6-13(12-29-18)17-9-23-27-11-15(7-21-19(17)27)24-16-8-22-26(3)10-16/h6-12,14,24H,4-5H2,1-3H3,(H,25,28). The molecule has 0 fully saturated rings. The third kappa shape index (κ3) is 4.00. The maximum Gasteiger partial charge on any atom is 0.261 e. The van der Waals surface area contributed by atoms with E-state index in [9.17, 15) is 4.79 Å². The van der Waals surface area contributed by atoms with Crippen LogP contribution in [0.25, 0.3) is 16.8 Å². The van der Waals surface area contributed by atoms with E-state index in [4.69, 9.17) is 0 Å². The highest BCUT2D eigenvalue weighted by molar-refractivity contribution is 7.12. The summed E-state index contributed by atoms with van der Waals surface area (Å²) < 4.78 is 3.46. The number of nitrogens with zero attached hydrogens (tertiary/aromatic N) is 5. The zero-order chi connectivity index (χ0) is 20.4. The number of carbonyl (C=O) groups is 1. The van der Waals surface area contributed by atoms with E-state index in [1.807, 2.05) is 30.9 Å². The van der Waals surface area contributed by atoms with Crippen LogP contribution in [-0.2, 0) is 7.05 Å². The molecule has 8 nitrogen and oxygen atoms in total. The van der Waals surface area contributed by atoms with Crippen LogP contribution in [0, 0.1) is 0 Å². The lowest BCUT2D eigenvalue weighted by molar-refractivity contribution is 0.0939. The van der Waals surface area contributed by atoms with Gasteiger partial charge in [0.05, 0.1) is 41.0 Å². The largest absolute Gasteiger partial charge is 0.350 e. The van der Waals surface area contributed by atoms with E-state index in [1.54, 1.807) is 27.8 Å². The molecule has 0 aliphatic carbocycles. The predicted molar refractivity (Wildman–Crippen MR) is 115 cm³/mol. The first kappa shape index (κ1) is 19.1. The predicted octanol–water partition coefficient (Wildman–Crippen LogP) is 3.85. The van der Waals surface area contributed by atoms with Gasteiger partial charge in [-0.05, 0) is 29.9 Å². The normalized spacial score (nSPS) is 11.3. The van der Waals surface area contributed by atoms with Crippen molar-refractivity contribution >= 4 is 34.3 Å². The van der Waals surface area contributed by atoms with Crippen LogP contribution in [0.4, 0.5) is 11.4 Å². The molecule has 29 heavy (non-hydrogen) atoms. The first-order chi connectivity index (χ1) is 14.1. The molecular formula is C20H23N7OS. The Labute approximate surface area is 172 Å². The highest BCUT2D eigenvalue weighted by Crippen LogP contribution is 2.29. The molecule has 0 aromatic carbocycles. The summed E-state index contributed by atoms with van der Waals surface area (Å²) in [5.74, 6) is -0.0256. The van der Waals surface area contributed by atoms with Crippen molar-refractivity contribution in [1.29, 1.82) is 0 Å². The molecule has 4 heterocycles. The quantitative estimate of drug-likeness (QED) is 0.484. The van der Waals surface area contributed by atoms with E-state index >= 15 is 0 Å². The van der Waals surface area contributed by atoms with Crippen molar-refractivity contribution in [2.45, 2.75) is 32.7 Å².